The Kier molecular flexibility index (Phi) is 4.70. The number of aliphatic hydroxyl groups excluding tert-OH is 1. The van der Waals surface area contributed by atoms with E-state index in [0.717, 1.165) is 0 Å². The third kappa shape index (κ3) is 3.06. The summed E-state index contributed by atoms with van der Waals surface area (Å²) in [7, 11) is 1.45. The zero-order valence-corrected chi connectivity index (χ0v) is 12.9. The molecule has 0 spiro atoms. The minimum Gasteiger partial charge on any atom is -0.479 e. The second-order valence-electron chi connectivity index (χ2n) is 5.79. The van der Waals surface area contributed by atoms with Crippen LogP contribution in [0.3, 0.4) is 0 Å². The normalized spacial score (nSPS) is 22.9. The molecule has 1 saturated heterocycles. The molecule has 122 valence electrons. The molecule has 3 atom stereocenters. The van der Waals surface area contributed by atoms with E-state index in [4.69, 9.17) is 15.0 Å². The molecule has 0 bridgehead atoms. The number of β-amino-alcohol motifs (C(OH)–C–C–N with tert-alkyl or cyclic N) is 1. The first-order valence-corrected chi connectivity index (χ1v) is 7.13. The van der Waals surface area contributed by atoms with Gasteiger partial charge in [0, 0.05) is 19.0 Å². The second-order valence-corrected chi connectivity index (χ2v) is 5.79. The number of methoxy groups -OCH3 is 1. The molecule has 1 aliphatic rings. The van der Waals surface area contributed by atoms with Crippen molar-refractivity contribution >= 4 is 11.8 Å². The van der Waals surface area contributed by atoms with Crippen LogP contribution in [0.2, 0.25) is 0 Å². The molecule has 0 aliphatic carbocycles. The van der Waals surface area contributed by atoms with E-state index in [-0.39, 0.29) is 30.7 Å². The van der Waals surface area contributed by atoms with E-state index in [1.54, 1.807) is 6.07 Å². The highest BCUT2D eigenvalue weighted by Gasteiger charge is 2.42. The number of carbonyl (C=O) groups excluding carboxylic acids is 2. The smallest absolute Gasteiger partial charge is 0.254 e. The van der Waals surface area contributed by atoms with Crippen LogP contribution in [0.25, 0.3) is 0 Å². The molecule has 22 heavy (non-hydrogen) atoms. The van der Waals surface area contributed by atoms with E-state index in [2.05, 4.69) is 5.16 Å². The van der Waals surface area contributed by atoms with Crippen LogP contribution in [0, 0.1) is 5.92 Å². The number of likely N-dealkylation sites (tertiary alicyclic amines) is 1. The lowest BCUT2D eigenvalue weighted by Gasteiger charge is -2.27. The summed E-state index contributed by atoms with van der Waals surface area (Å²) in [6.45, 7) is 3.81. The van der Waals surface area contributed by atoms with Crippen LogP contribution in [-0.4, -0.2) is 52.8 Å². The van der Waals surface area contributed by atoms with Crippen molar-refractivity contribution in [1.29, 1.82) is 0 Å². The lowest BCUT2D eigenvalue weighted by molar-refractivity contribution is -0.139. The standard InChI is InChI=1S/C14H21N3O5/c1-7(2)12(10-5-11(21-3)16-22-10)14(20)17-6-8(18)4-9(17)13(15)19/h5,7-9,12,18H,4,6H2,1-3H3,(H2,15,19)/t8-,9+,12?/m1/s1. The van der Waals surface area contributed by atoms with Gasteiger partial charge in [-0.3, -0.25) is 9.59 Å². The highest BCUT2D eigenvalue weighted by Crippen LogP contribution is 2.32. The monoisotopic (exact) mass is 311 g/mol. The van der Waals surface area contributed by atoms with Crippen molar-refractivity contribution in [3.63, 3.8) is 0 Å². The lowest BCUT2D eigenvalue weighted by Crippen LogP contribution is -2.46. The Morgan fingerprint density at radius 2 is 2.23 bits per heavy atom. The van der Waals surface area contributed by atoms with Crippen LogP contribution in [0.15, 0.2) is 10.6 Å². The van der Waals surface area contributed by atoms with E-state index in [1.165, 1.54) is 12.0 Å². The molecule has 8 heteroatoms. The molecule has 3 N–H and O–H groups in total. The Labute approximate surface area is 128 Å². The number of aromatic nitrogens is 1. The molecule has 2 heterocycles. The number of nitrogens with zero attached hydrogens (tertiary/aromatic N) is 2. The molecule has 2 amide bonds. The lowest BCUT2D eigenvalue weighted by atomic mass is 9.91. The van der Waals surface area contributed by atoms with Gasteiger partial charge in [0.1, 0.15) is 12.0 Å². The molecule has 1 aromatic rings. The van der Waals surface area contributed by atoms with Crippen molar-refractivity contribution in [2.45, 2.75) is 38.3 Å². The van der Waals surface area contributed by atoms with Crippen molar-refractivity contribution in [3.05, 3.63) is 11.8 Å². The van der Waals surface area contributed by atoms with Gasteiger partial charge < -0.3 is 25.0 Å². The number of rotatable bonds is 5. The SMILES string of the molecule is COc1cc(C(C(=O)N2C[C@H](O)C[C@H]2C(N)=O)C(C)C)on1. The first-order valence-electron chi connectivity index (χ1n) is 7.13. The molecule has 8 nitrogen and oxygen atoms in total. The maximum atomic E-state index is 12.8. The minimum absolute atomic E-state index is 0.0843. The summed E-state index contributed by atoms with van der Waals surface area (Å²) < 4.78 is 10.1. The molecule has 1 aliphatic heterocycles. The molecule has 2 rings (SSSR count). The Hall–Kier alpha value is -2.09. The van der Waals surface area contributed by atoms with Crippen molar-refractivity contribution in [2.75, 3.05) is 13.7 Å². The highest BCUT2D eigenvalue weighted by atomic mass is 16.5. The first kappa shape index (κ1) is 16.3. The van der Waals surface area contributed by atoms with Crippen LogP contribution in [0.4, 0.5) is 0 Å². The summed E-state index contributed by atoms with van der Waals surface area (Å²) in [4.78, 5) is 25.7. The zero-order chi connectivity index (χ0) is 16.4. The predicted molar refractivity (Wildman–Crippen MR) is 76.0 cm³/mol. The van der Waals surface area contributed by atoms with E-state index >= 15 is 0 Å². The van der Waals surface area contributed by atoms with Crippen LogP contribution in [0.5, 0.6) is 5.88 Å². The summed E-state index contributed by atoms with van der Waals surface area (Å²) in [5, 5.41) is 13.5. The van der Waals surface area contributed by atoms with E-state index in [9.17, 15) is 14.7 Å². The highest BCUT2D eigenvalue weighted by molar-refractivity contribution is 5.90. The Bertz CT molecular complexity index is 556. The fourth-order valence-corrected chi connectivity index (χ4v) is 2.76. The van der Waals surface area contributed by atoms with Gasteiger partial charge in [-0.2, -0.15) is 0 Å². The van der Waals surface area contributed by atoms with Gasteiger partial charge in [0.25, 0.3) is 5.88 Å². The van der Waals surface area contributed by atoms with Gasteiger partial charge in [-0.15, -0.1) is 0 Å². The van der Waals surface area contributed by atoms with Crippen LogP contribution in [-0.2, 0) is 9.59 Å². The third-order valence-electron chi connectivity index (χ3n) is 3.85. The van der Waals surface area contributed by atoms with Crippen LogP contribution in [0.1, 0.15) is 31.9 Å². The number of nitrogens with two attached hydrogens (primary N) is 1. The molecule has 1 fully saturated rings. The quantitative estimate of drug-likeness (QED) is 0.782. The number of amides is 2. The summed E-state index contributed by atoms with van der Waals surface area (Å²) >= 11 is 0. The topological polar surface area (TPSA) is 119 Å². The number of carbonyl (C=O) groups is 2. The summed E-state index contributed by atoms with van der Waals surface area (Å²) in [5.41, 5.74) is 5.33. The number of aliphatic hydroxyl groups is 1. The Morgan fingerprint density at radius 1 is 1.55 bits per heavy atom. The number of ether oxygens (including phenoxy) is 1. The van der Waals surface area contributed by atoms with E-state index in [1.807, 2.05) is 13.8 Å². The zero-order valence-electron chi connectivity index (χ0n) is 12.9. The average molecular weight is 311 g/mol. The van der Waals surface area contributed by atoms with E-state index in [0.29, 0.717) is 5.76 Å². The van der Waals surface area contributed by atoms with E-state index < -0.39 is 24.0 Å². The second kappa shape index (κ2) is 6.35. The Balaban J connectivity index is 2.28. The van der Waals surface area contributed by atoms with Gasteiger partial charge in [-0.05, 0) is 11.1 Å². The number of hydrogen-bond acceptors (Lipinski definition) is 6. The van der Waals surface area contributed by atoms with Crippen molar-refractivity contribution in [2.24, 2.45) is 11.7 Å². The van der Waals surface area contributed by atoms with Crippen molar-refractivity contribution < 1.29 is 24.0 Å². The van der Waals surface area contributed by atoms with Crippen molar-refractivity contribution in [1.82, 2.24) is 10.1 Å². The van der Waals surface area contributed by atoms with Gasteiger partial charge in [0.05, 0.1) is 13.2 Å². The summed E-state index contributed by atoms with van der Waals surface area (Å²) in [5.74, 6) is -1.00. The van der Waals surface area contributed by atoms with Gasteiger partial charge in [-0.1, -0.05) is 13.8 Å². The van der Waals surface area contributed by atoms with Gasteiger partial charge in [0.15, 0.2) is 5.76 Å². The molecular weight excluding hydrogens is 290 g/mol. The molecule has 1 unspecified atom stereocenters. The predicted octanol–water partition coefficient (Wildman–Crippen LogP) is -0.130. The Morgan fingerprint density at radius 3 is 2.73 bits per heavy atom. The van der Waals surface area contributed by atoms with Crippen LogP contribution < -0.4 is 10.5 Å². The maximum absolute atomic E-state index is 12.8. The summed E-state index contributed by atoms with van der Waals surface area (Å²) in [6, 6.07) is 0.752. The van der Waals surface area contributed by atoms with Crippen molar-refractivity contribution in [3.8, 4) is 5.88 Å². The van der Waals surface area contributed by atoms with Gasteiger partial charge in [-0.25, -0.2) is 0 Å². The number of primary amides is 1. The molecule has 0 saturated carbocycles. The fraction of sp³-hybridized carbons (Fsp3) is 0.643. The molecular formula is C14H21N3O5. The first-order chi connectivity index (χ1) is 10.3. The minimum atomic E-state index is -0.798. The van der Waals surface area contributed by atoms with Gasteiger partial charge in [0.2, 0.25) is 11.8 Å². The molecule has 0 aromatic carbocycles. The number of hydrogen-bond donors (Lipinski definition) is 2. The molecule has 0 radical (unpaired) electrons. The largest absolute Gasteiger partial charge is 0.479 e. The van der Waals surface area contributed by atoms with Gasteiger partial charge >= 0.3 is 0 Å². The fourth-order valence-electron chi connectivity index (χ4n) is 2.76. The van der Waals surface area contributed by atoms with Crippen LogP contribution >= 0.6 is 0 Å². The molecule has 1 aromatic heterocycles. The third-order valence-corrected chi connectivity index (χ3v) is 3.85. The summed E-state index contributed by atoms with van der Waals surface area (Å²) in [6.07, 6.45) is -0.593. The maximum Gasteiger partial charge on any atom is 0.254 e. The average Bonchev–Trinajstić information content (AvgIpc) is 3.05.